The Bertz CT molecular complexity index is 1370. The molecular formula is C27H26Cl2N4O3. The number of nitrogens with two attached hydrogens (primary N) is 1. The van der Waals surface area contributed by atoms with E-state index in [9.17, 15) is 4.79 Å². The molecule has 1 aromatic heterocycles. The number of hydrogen-bond donors (Lipinski definition) is 2. The first-order valence-corrected chi connectivity index (χ1v) is 12.5. The second kappa shape index (κ2) is 10.8. The molecule has 3 N–H and O–H groups in total. The van der Waals surface area contributed by atoms with Crippen molar-refractivity contribution in [3.63, 3.8) is 0 Å². The van der Waals surface area contributed by atoms with Crippen LogP contribution in [0.25, 0.3) is 22.4 Å². The summed E-state index contributed by atoms with van der Waals surface area (Å²) < 4.78 is 11.1. The molecule has 9 heteroatoms. The largest absolute Gasteiger partial charge is 0.493 e. The summed E-state index contributed by atoms with van der Waals surface area (Å²) in [6, 6.07) is 18.9. The molecule has 3 aromatic carbocycles. The molecule has 2 heterocycles. The minimum atomic E-state index is -0.854. The molecule has 1 atom stereocenters. The molecule has 186 valence electrons. The van der Waals surface area contributed by atoms with Crippen molar-refractivity contribution in [1.29, 1.82) is 0 Å². The third kappa shape index (κ3) is 5.93. The third-order valence-electron chi connectivity index (χ3n) is 6.28. The number of aromatic amines is 1. The summed E-state index contributed by atoms with van der Waals surface area (Å²) >= 11 is 12.2. The van der Waals surface area contributed by atoms with Crippen molar-refractivity contribution in [2.75, 3.05) is 19.7 Å². The van der Waals surface area contributed by atoms with E-state index in [-0.39, 0.29) is 0 Å². The summed E-state index contributed by atoms with van der Waals surface area (Å²) in [5.74, 6) is 2.37. The second-order valence-electron chi connectivity index (χ2n) is 9.01. The van der Waals surface area contributed by atoms with Gasteiger partial charge in [-0.25, -0.2) is 9.78 Å². The number of hydrogen-bond acceptors (Lipinski definition) is 5. The third-order valence-corrected chi connectivity index (χ3v) is 7.02. The summed E-state index contributed by atoms with van der Waals surface area (Å²) in [5, 5.41) is 1.18. The van der Waals surface area contributed by atoms with Crippen molar-refractivity contribution in [2.24, 2.45) is 11.7 Å². The molecule has 36 heavy (non-hydrogen) atoms. The van der Waals surface area contributed by atoms with E-state index in [1.807, 2.05) is 42.5 Å². The molecule has 1 aliphatic rings. The fourth-order valence-electron chi connectivity index (χ4n) is 4.55. The summed E-state index contributed by atoms with van der Waals surface area (Å²) in [4.78, 5) is 21.3. The van der Waals surface area contributed by atoms with Gasteiger partial charge in [0, 0.05) is 30.6 Å². The Labute approximate surface area is 219 Å². The van der Waals surface area contributed by atoms with Crippen molar-refractivity contribution in [1.82, 2.24) is 14.9 Å². The standard InChI is InChI=1S/C27H26Cl2N4O3/c28-22-9-3-17(12-23(22)29)14-33-11-1-2-18(15-33)16-35-20-6-4-19(5-7-20)26-31-24-10-8-21(36-27(30)34)13-25(24)32-26/h3-10,12-13,18H,1-2,11,14-16H2,(H2,30,34)(H,31,32). The Morgan fingerprint density at radius 3 is 2.64 bits per heavy atom. The average Bonchev–Trinajstić information content (AvgIpc) is 3.29. The van der Waals surface area contributed by atoms with Gasteiger partial charge >= 0.3 is 6.09 Å². The average molecular weight is 525 g/mol. The van der Waals surface area contributed by atoms with E-state index in [0.29, 0.717) is 33.8 Å². The van der Waals surface area contributed by atoms with Crippen molar-refractivity contribution < 1.29 is 14.3 Å². The van der Waals surface area contributed by atoms with Gasteiger partial charge in [-0.1, -0.05) is 29.3 Å². The fourth-order valence-corrected chi connectivity index (χ4v) is 4.87. The Morgan fingerprint density at radius 2 is 1.86 bits per heavy atom. The normalized spacial score (nSPS) is 16.2. The SMILES string of the molecule is NC(=O)Oc1ccc2[nH]c(-c3ccc(OCC4CCCN(Cc5ccc(Cl)c(Cl)c5)C4)cc3)nc2c1. The lowest BCUT2D eigenvalue weighted by atomic mass is 9.98. The van der Waals surface area contributed by atoms with Crippen LogP contribution >= 0.6 is 23.2 Å². The predicted molar refractivity (Wildman–Crippen MR) is 142 cm³/mol. The zero-order valence-electron chi connectivity index (χ0n) is 19.5. The van der Waals surface area contributed by atoms with Crippen LogP contribution < -0.4 is 15.2 Å². The summed E-state index contributed by atoms with van der Waals surface area (Å²) in [5.41, 5.74) is 8.71. The molecule has 0 spiro atoms. The number of piperidine rings is 1. The molecule has 0 radical (unpaired) electrons. The molecule has 1 saturated heterocycles. The van der Waals surface area contributed by atoms with Gasteiger partial charge in [0.25, 0.3) is 0 Å². The van der Waals surface area contributed by atoms with E-state index in [4.69, 9.17) is 38.4 Å². The zero-order chi connectivity index (χ0) is 25.1. The molecular weight excluding hydrogens is 499 g/mol. The Balaban J connectivity index is 1.17. The van der Waals surface area contributed by atoms with Gasteiger partial charge in [-0.15, -0.1) is 0 Å². The van der Waals surface area contributed by atoms with Crippen LogP contribution in [0.4, 0.5) is 4.79 Å². The number of carbonyl (C=O) groups excluding carboxylic acids is 1. The molecule has 7 nitrogen and oxygen atoms in total. The number of fused-ring (bicyclic) bond motifs is 1. The van der Waals surface area contributed by atoms with Crippen molar-refractivity contribution in [3.05, 3.63) is 76.3 Å². The van der Waals surface area contributed by atoms with E-state index in [1.54, 1.807) is 18.2 Å². The van der Waals surface area contributed by atoms with Gasteiger partial charge < -0.3 is 20.2 Å². The van der Waals surface area contributed by atoms with Crippen LogP contribution in [-0.4, -0.2) is 40.7 Å². The topological polar surface area (TPSA) is 93.5 Å². The van der Waals surface area contributed by atoms with Gasteiger partial charge in [-0.3, -0.25) is 4.90 Å². The van der Waals surface area contributed by atoms with Crippen molar-refractivity contribution in [3.8, 4) is 22.9 Å². The van der Waals surface area contributed by atoms with Gasteiger partial charge in [0.15, 0.2) is 0 Å². The van der Waals surface area contributed by atoms with Crippen LogP contribution in [0.2, 0.25) is 10.0 Å². The number of imidazole rings is 1. The van der Waals surface area contributed by atoms with Crippen LogP contribution in [0.3, 0.4) is 0 Å². The van der Waals surface area contributed by atoms with Crippen LogP contribution in [0.1, 0.15) is 18.4 Å². The lowest BCUT2D eigenvalue weighted by Crippen LogP contribution is -2.37. The first kappa shape index (κ1) is 24.4. The molecule has 1 fully saturated rings. The second-order valence-corrected chi connectivity index (χ2v) is 9.83. The van der Waals surface area contributed by atoms with Crippen molar-refractivity contribution in [2.45, 2.75) is 19.4 Å². The number of amides is 1. The van der Waals surface area contributed by atoms with Crippen LogP contribution in [0, 0.1) is 5.92 Å². The summed E-state index contributed by atoms with van der Waals surface area (Å²) in [7, 11) is 0. The minimum Gasteiger partial charge on any atom is -0.493 e. The van der Waals surface area contributed by atoms with E-state index in [2.05, 4.69) is 14.9 Å². The number of nitrogens with one attached hydrogen (secondary N) is 1. The lowest BCUT2D eigenvalue weighted by Gasteiger charge is -2.32. The number of ether oxygens (including phenoxy) is 2. The van der Waals surface area contributed by atoms with Gasteiger partial charge in [-0.2, -0.15) is 0 Å². The zero-order valence-corrected chi connectivity index (χ0v) is 21.1. The molecule has 0 aliphatic carbocycles. The van der Waals surface area contributed by atoms with Gasteiger partial charge in [0.1, 0.15) is 17.3 Å². The Hall–Kier alpha value is -3.26. The highest BCUT2D eigenvalue weighted by Crippen LogP contribution is 2.27. The summed E-state index contributed by atoms with van der Waals surface area (Å²) in [6.07, 6.45) is 1.44. The van der Waals surface area contributed by atoms with E-state index in [1.165, 1.54) is 5.56 Å². The van der Waals surface area contributed by atoms with E-state index >= 15 is 0 Å². The fraction of sp³-hybridized carbons (Fsp3) is 0.259. The van der Waals surface area contributed by atoms with E-state index in [0.717, 1.165) is 55.1 Å². The van der Waals surface area contributed by atoms with Crippen LogP contribution in [0.5, 0.6) is 11.5 Å². The first-order chi connectivity index (χ1) is 17.4. The molecule has 0 bridgehead atoms. The van der Waals surface area contributed by atoms with Crippen molar-refractivity contribution >= 4 is 40.3 Å². The first-order valence-electron chi connectivity index (χ1n) is 11.8. The van der Waals surface area contributed by atoms with E-state index < -0.39 is 6.09 Å². The maximum absolute atomic E-state index is 11.0. The van der Waals surface area contributed by atoms with Gasteiger partial charge in [-0.05, 0) is 73.5 Å². The number of nitrogens with zero attached hydrogens (tertiary/aromatic N) is 2. The molecule has 5 rings (SSSR count). The Morgan fingerprint density at radius 1 is 1.06 bits per heavy atom. The lowest BCUT2D eigenvalue weighted by molar-refractivity contribution is 0.125. The quantitative estimate of drug-likeness (QED) is 0.296. The van der Waals surface area contributed by atoms with Crippen LogP contribution in [-0.2, 0) is 6.54 Å². The number of benzene rings is 3. The maximum atomic E-state index is 11.0. The summed E-state index contributed by atoms with van der Waals surface area (Å²) in [6.45, 7) is 3.58. The molecule has 4 aromatic rings. The minimum absolute atomic E-state index is 0.357. The number of rotatable bonds is 7. The number of likely N-dealkylation sites (tertiary alicyclic amines) is 1. The highest BCUT2D eigenvalue weighted by Gasteiger charge is 2.21. The maximum Gasteiger partial charge on any atom is 0.409 e. The highest BCUT2D eigenvalue weighted by atomic mass is 35.5. The van der Waals surface area contributed by atoms with Gasteiger partial charge in [0.2, 0.25) is 0 Å². The number of H-pyrrole nitrogens is 1. The number of primary amides is 1. The molecule has 0 saturated carbocycles. The number of carbonyl (C=O) groups is 1. The number of aromatic nitrogens is 2. The smallest absolute Gasteiger partial charge is 0.409 e. The monoisotopic (exact) mass is 524 g/mol. The molecule has 1 aliphatic heterocycles. The van der Waals surface area contributed by atoms with Gasteiger partial charge in [0.05, 0.1) is 27.7 Å². The molecule has 1 unspecified atom stereocenters. The predicted octanol–water partition coefficient (Wildman–Crippen LogP) is 6.29. The highest BCUT2D eigenvalue weighted by molar-refractivity contribution is 6.42. The Kier molecular flexibility index (Phi) is 7.32. The molecule has 1 amide bonds. The number of halogens is 2. The van der Waals surface area contributed by atoms with Crippen LogP contribution in [0.15, 0.2) is 60.7 Å².